The number of hydrogen-bond acceptors (Lipinski definition) is 5. The van der Waals surface area contributed by atoms with Crippen LogP contribution in [0.15, 0.2) is 12.1 Å². The first-order valence-corrected chi connectivity index (χ1v) is 7.35. The average molecular weight is 366 g/mol. The number of carbonyl (C=O) groups excluding carboxylic acids is 2. The molecule has 0 saturated carbocycles. The van der Waals surface area contributed by atoms with Crippen molar-refractivity contribution in [1.29, 1.82) is 0 Å². The highest BCUT2D eigenvalue weighted by atomic mass is 35.5. The second kappa shape index (κ2) is 6.57. The van der Waals surface area contributed by atoms with E-state index in [-0.39, 0.29) is 25.6 Å². The van der Waals surface area contributed by atoms with Crippen LogP contribution in [0.25, 0.3) is 0 Å². The molecular formula is C11H7Cl3N4O2S. The smallest absolute Gasteiger partial charge is 0.306 e. The molecule has 10 heteroatoms. The molecule has 1 aromatic heterocycles. The normalized spacial score (nSPS) is 10.3. The van der Waals surface area contributed by atoms with Gasteiger partial charge < -0.3 is 5.32 Å². The first-order valence-electron chi connectivity index (χ1n) is 5.44. The molecule has 1 aromatic carbocycles. The number of nitrogens with zero attached hydrogens (tertiary/aromatic N) is 2. The molecule has 21 heavy (non-hydrogen) atoms. The molecule has 0 aliphatic heterocycles. The fourth-order valence-corrected chi connectivity index (χ4v) is 2.52. The van der Waals surface area contributed by atoms with E-state index in [1.165, 1.54) is 12.1 Å². The molecule has 0 bridgehead atoms. The van der Waals surface area contributed by atoms with E-state index in [4.69, 9.17) is 34.8 Å². The molecule has 6 nitrogen and oxygen atoms in total. The van der Waals surface area contributed by atoms with Crippen molar-refractivity contribution in [3.63, 3.8) is 0 Å². The van der Waals surface area contributed by atoms with Gasteiger partial charge in [-0.25, -0.2) is 4.79 Å². The van der Waals surface area contributed by atoms with Gasteiger partial charge in [-0.2, -0.15) is 0 Å². The SMILES string of the molecule is Cc1nnsc1C(=O)NC(=O)Nc1cc(Cl)c(Cl)cc1Cl. The Morgan fingerprint density at radius 3 is 2.43 bits per heavy atom. The number of nitrogens with one attached hydrogen (secondary N) is 2. The van der Waals surface area contributed by atoms with Crippen molar-refractivity contribution in [3.05, 3.63) is 37.8 Å². The highest BCUT2D eigenvalue weighted by Crippen LogP contribution is 2.32. The van der Waals surface area contributed by atoms with E-state index in [2.05, 4.69) is 20.2 Å². The van der Waals surface area contributed by atoms with E-state index in [9.17, 15) is 9.59 Å². The number of hydrogen-bond donors (Lipinski definition) is 2. The molecule has 1 heterocycles. The zero-order valence-corrected chi connectivity index (χ0v) is 13.5. The third kappa shape index (κ3) is 3.82. The maximum atomic E-state index is 11.8. The van der Waals surface area contributed by atoms with Gasteiger partial charge in [-0.3, -0.25) is 10.1 Å². The van der Waals surface area contributed by atoms with Crippen LogP contribution in [0, 0.1) is 6.92 Å². The van der Waals surface area contributed by atoms with Crippen LogP contribution in [0.1, 0.15) is 15.4 Å². The molecule has 0 spiro atoms. The van der Waals surface area contributed by atoms with Gasteiger partial charge in [-0.1, -0.05) is 39.3 Å². The van der Waals surface area contributed by atoms with Crippen LogP contribution in [0.2, 0.25) is 15.1 Å². The molecule has 0 unspecified atom stereocenters. The molecule has 0 atom stereocenters. The van der Waals surface area contributed by atoms with E-state index in [1.807, 2.05) is 0 Å². The minimum atomic E-state index is -0.756. The van der Waals surface area contributed by atoms with Gasteiger partial charge in [0.25, 0.3) is 5.91 Å². The number of benzene rings is 1. The van der Waals surface area contributed by atoms with Gasteiger partial charge in [0.1, 0.15) is 4.88 Å². The van der Waals surface area contributed by atoms with Gasteiger partial charge in [0.05, 0.1) is 26.4 Å². The molecule has 0 aliphatic rings. The lowest BCUT2D eigenvalue weighted by Crippen LogP contribution is -2.34. The summed E-state index contributed by atoms with van der Waals surface area (Å²) >= 11 is 18.4. The van der Waals surface area contributed by atoms with Gasteiger partial charge in [0.15, 0.2) is 0 Å². The number of rotatable bonds is 2. The van der Waals surface area contributed by atoms with Gasteiger partial charge in [0.2, 0.25) is 0 Å². The van der Waals surface area contributed by atoms with Gasteiger partial charge in [0, 0.05) is 0 Å². The van der Waals surface area contributed by atoms with Crippen molar-refractivity contribution in [2.75, 3.05) is 5.32 Å². The Kier molecular flexibility index (Phi) is 5.00. The molecule has 2 N–H and O–H groups in total. The van der Waals surface area contributed by atoms with Gasteiger partial charge >= 0.3 is 6.03 Å². The summed E-state index contributed by atoms with van der Waals surface area (Å²) in [6, 6.07) is 2.02. The Bertz CT molecular complexity index is 719. The number of carbonyl (C=O) groups is 2. The third-order valence-electron chi connectivity index (χ3n) is 2.34. The average Bonchev–Trinajstić information content (AvgIpc) is 2.82. The lowest BCUT2D eigenvalue weighted by Gasteiger charge is -2.09. The summed E-state index contributed by atoms with van der Waals surface area (Å²) < 4.78 is 3.62. The lowest BCUT2D eigenvalue weighted by atomic mass is 10.3. The molecule has 0 saturated heterocycles. The van der Waals surface area contributed by atoms with Crippen LogP contribution in [0.3, 0.4) is 0 Å². The second-order valence-electron chi connectivity index (χ2n) is 3.84. The van der Waals surface area contributed by atoms with Crippen molar-refractivity contribution in [2.24, 2.45) is 0 Å². The molecule has 0 fully saturated rings. The number of aryl methyl sites for hydroxylation is 1. The van der Waals surface area contributed by atoms with Gasteiger partial charge in [-0.05, 0) is 30.6 Å². The maximum absolute atomic E-state index is 11.8. The first kappa shape index (κ1) is 16.0. The van der Waals surface area contributed by atoms with Crippen LogP contribution in [-0.2, 0) is 0 Å². The van der Waals surface area contributed by atoms with E-state index in [0.717, 1.165) is 11.5 Å². The molecule has 110 valence electrons. The highest BCUT2D eigenvalue weighted by Gasteiger charge is 2.17. The minimum Gasteiger partial charge on any atom is -0.306 e. The summed E-state index contributed by atoms with van der Waals surface area (Å²) in [4.78, 5) is 23.8. The molecule has 0 aliphatic carbocycles. The molecular weight excluding hydrogens is 359 g/mol. The van der Waals surface area contributed by atoms with Crippen LogP contribution in [-0.4, -0.2) is 21.5 Å². The van der Waals surface area contributed by atoms with Crippen LogP contribution in [0.4, 0.5) is 10.5 Å². The zero-order chi connectivity index (χ0) is 15.6. The maximum Gasteiger partial charge on any atom is 0.326 e. The summed E-state index contributed by atoms with van der Waals surface area (Å²) in [5.41, 5.74) is 0.674. The molecule has 2 rings (SSSR count). The largest absolute Gasteiger partial charge is 0.326 e. The Labute approximate surface area is 138 Å². The third-order valence-corrected chi connectivity index (χ3v) is 4.20. The number of aromatic nitrogens is 2. The van der Waals surface area contributed by atoms with E-state index < -0.39 is 11.9 Å². The van der Waals surface area contributed by atoms with Crippen LogP contribution >= 0.6 is 46.3 Å². The van der Waals surface area contributed by atoms with E-state index >= 15 is 0 Å². The fourth-order valence-electron chi connectivity index (χ4n) is 1.37. The number of halogens is 3. The van der Waals surface area contributed by atoms with Crippen molar-refractivity contribution in [1.82, 2.24) is 14.9 Å². The number of urea groups is 1. The summed E-state index contributed by atoms with van der Waals surface area (Å²) in [6.45, 7) is 1.62. The first-order chi connectivity index (χ1) is 9.88. The number of amides is 3. The summed E-state index contributed by atoms with van der Waals surface area (Å²) in [6.07, 6.45) is 0. The zero-order valence-electron chi connectivity index (χ0n) is 10.4. The topological polar surface area (TPSA) is 84.0 Å². The number of imide groups is 1. The molecule has 0 radical (unpaired) electrons. The quantitative estimate of drug-likeness (QED) is 0.793. The Hall–Kier alpha value is -1.41. The lowest BCUT2D eigenvalue weighted by molar-refractivity contribution is 0.0970. The Balaban J connectivity index is 2.07. The fraction of sp³-hybridized carbons (Fsp3) is 0.0909. The van der Waals surface area contributed by atoms with E-state index in [0.29, 0.717) is 5.69 Å². The predicted molar refractivity (Wildman–Crippen MR) is 82.6 cm³/mol. The second-order valence-corrected chi connectivity index (χ2v) is 5.82. The summed E-state index contributed by atoms with van der Waals surface area (Å²) in [5, 5.41) is 8.92. The van der Waals surface area contributed by atoms with Crippen LogP contribution in [0.5, 0.6) is 0 Å². The highest BCUT2D eigenvalue weighted by molar-refractivity contribution is 7.08. The minimum absolute atomic E-state index is 0.197. The summed E-state index contributed by atoms with van der Waals surface area (Å²) in [7, 11) is 0. The van der Waals surface area contributed by atoms with E-state index in [1.54, 1.807) is 6.92 Å². The van der Waals surface area contributed by atoms with Crippen molar-refractivity contribution in [2.45, 2.75) is 6.92 Å². The van der Waals surface area contributed by atoms with Crippen molar-refractivity contribution >= 4 is 64.0 Å². The number of anilines is 1. The predicted octanol–water partition coefficient (Wildman–Crippen LogP) is 3.77. The standard InChI is InChI=1S/C11H7Cl3N4O2S/c1-4-9(21-18-17-4)10(19)16-11(20)15-8-3-6(13)5(12)2-7(8)14/h2-3H,1H3,(H2,15,16,19,20). The van der Waals surface area contributed by atoms with Crippen molar-refractivity contribution in [3.8, 4) is 0 Å². The monoisotopic (exact) mass is 364 g/mol. The van der Waals surface area contributed by atoms with Crippen molar-refractivity contribution < 1.29 is 9.59 Å². The van der Waals surface area contributed by atoms with Crippen LogP contribution < -0.4 is 10.6 Å². The molecule has 3 amide bonds. The summed E-state index contributed by atoms with van der Waals surface area (Å²) in [5.74, 6) is -0.601. The van der Waals surface area contributed by atoms with Gasteiger partial charge in [-0.15, -0.1) is 5.10 Å². The molecule has 2 aromatic rings. The Morgan fingerprint density at radius 1 is 1.14 bits per heavy atom. The Morgan fingerprint density at radius 2 is 1.81 bits per heavy atom.